The predicted octanol–water partition coefficient (Wildman–Crippen LogP) is 3.59. The minimum Gasteiger partial charge on any atom is -0.404 e. The molecule has 166 valence electrons. The van der Waals surface area contributed by atoms with Gasteiger partial charge in [0.2, 0.25) is 5.82 Å². The first kappa shape index (κ1) is 22.4. The quantitative estimate of drug-likeness (QED) is 0.331. The Balaban J connectivity index is 1.42. The van der Waals surface area contributed by atoms with Gasteiger partial charge in [-0.05, 0) is 52.7 Å². The zero-order chi connectivity index (χ0) is 23.3. The number of hydrogen-bond donors (Lipinski definition) is 2. The number of benzene rings is 3. The molecule has 0 atom stereocenters. The van der Waals surface area contributed by atoms with Gasteiger partial charge in [-0.3, -0.25) is 9.79 Å². The zero-order valence-electron chi connectivity index (χ0n) is 17.2. The number of rotatable bonds is 6. The SMILES string of the molecule is O=P(O)(O)Oc1ccc(Cn2nnc(-c3cccc(C#CCc4ccc(F)cc4)c3)n2)cc1. The maximum atomic E-state index is 13.0. The second-order valence-electron chi connectivity index (χ2n) is 7.06. The van der Waals surface area contributed by atoms with E-state index in [1.165, 1.54) is 29.1 Å². The van der Waals surface area contributed by atoms with Crippen molar-refractivity contribution < 1.29 is 23.3 Å². The van der Waals surface area contributed by atoms with Crippen LogP contribution in [0, 0.1) is 17.7 Å². The van der Waals surface area contributed by atoms with E-state index in [2.05, 4.69) is 31.8 Å². The van der Waals surface area contributed by atoms with E-state index in [1.807, 2.05) is 24.3 Å². The smallest absolute Gasteiger partial charge is 0.404 e. The largest absolute Gasteiger partial charge is 0.524 e. The summed E-state index contributed by atoms with van der Waals surface area (Å²) in [6.07, 6.45) is 0.511. The van der Waals surface area contributed by atoms with Crippen molar-refractivity contribution in [2.75, 3.05) is 0 Å². The Kier molecular flexibility index (Phi) is 6.61. The van der Waals surface area contributed by atoms with E-state index < -0.39 is 7.82 Å². The molecule has 0 radical (unpaired) electrons. The van der Waals surface area contributed by atoms with Crippen molar-refractivity contribution in [3.05, 3.63) is 95.3 Å². The van der Waals surface area contributed by atoms with Crippen LogP contribution in [0.1, 0.15) is 16.7 Å². The van der Waals surface area contributed by atoms with Gasteiger partial charge in [-0.15, -0.1) is 10.2 Å². The topological polar surface area (TPSA) is 110 Å². The maximum Gasteiger partial charge on any atom is 0.524 e. The molecule has 0 saturated heterocycles. The third kappa shape index (κ3) is 6.57. The molecule has 0 spiro atoms. The second kappa shape index (κ2) is 9.76. The third-order valence-electron chi connectivity index (χ3n) is 4.48. The average molecular weight is 464 g/mol. The lowest BCUT2D eigenvalue weighted by Crippen LogP contribution is -2.04. The fourth-order valence-electron chi connectivity index (χ4n) is 2.97. The summed E-state index contributed by atoms with van der Waals surface area (Å²) >= 11 is 0. The Morgan fingerprint density at radius 3 is 2.45 bits per heavy atom. The van der Waals surface area contributed by atoms with E-state index in [4.69, 9.17) is 9.79 Å². The van der Waals surface area contributed by atoms with Gasteiger partial charge in [0.05, 0.1) is 6.54 Å². The number of phosphoric acid groups is 1. The molecular weight excluding hydrogens is 446 g/mol. The molecule has 0 bridgehead atoms. The predicted molar refractivity (Wildman–Crippen MR) is 118 cm³/mol. The van der Waals surface area contributed by atoms with Gasteiger partial charge in [0, 0.05) is 17.5 Å². The van der Waals surface area contributed by atoms with E-state index in [0.717, 1.165) is 22.3 Å². The molecule has 10 heteroatoms. The molecule has 0 aliphatic heterocycles. The number of tetrazole rings is 1. The van der Waals surface area contributed by atoms with Crippen LogP contribution in [0.15, 0.2) is 72.8 Å². The van der Waals surface area contributed by atoms with E-state index in [1.54, 1.807) is 24.3 Å². The lowest BCUT2D eigenvalue weighted by Gasteiger charge is -2.07. The van der Waals surface area contributed by atoms with Crippen LogP contribution in [0.25, 0.3) is 11.4 Å². The summed E-state index contributed by atoms with van der Waals surface area (Å²) < 4.78 is 28.4. The molecule has 4 aromatic rings. The molecule has 1 heterocycles. The van der Waals surface area contributed by atoms with Crippen molar-refractivity contribution in [3.63, 3.8) is 0 Å². The number of aromatic nitrogens is 4. The van der Waals surface area contributed by atoms with Gasteiger partial charge >= 0.3 is 7.82 Å². The average Bonchev–Trinajstić information content (AvgIpc) is 3.24. The Labute approximate surface area is 188 Å². The lowest BCUT2D eigenvalue weighted by atomic mass is 10.1. The normalized spacial score (nSPS) is 11.0. The van der Waals surface area contributed by atoms with Gasteiger partial charge < -0.3 is 4.52 Å². The van der Waals surface area contributed by atoms with Gasteiger partial charge in [0.25, 0.3) is 0 Å². The molecule has 4 rings (SSSR count). The third-order valence-corrected chi connectivity index (χ3v) is 4.93. The summed E-state index contributed by atoms with van der Waals surface area (Å²) in [6, 6.07) is 20.0. The molecule has 1 aromatic heterocycles. The highest BCUT2D eigenvalue weighted by atomic mass is 31.2. The van der Waals surface area contributed by atoms with Crippen molar-refractivity contribution in [2.45, 2.75) is 13.0 Å². The Morgan fingerprint density at radius 2 is 1.73 bits per heavy atom. The summed E-state index contributed by atoms with van der Waals surface area (Å²) in [7, 11) is -4.59. The molecule has 0 aliphatic rings. The van der Waals surface area contributed by atoms with E-state index in [9.17, 15) is 8.96 Å². The molecule has 8 nitrogen and oxygen atoms in total. The van der Waals surface area contributed by atoms with Crippen molar-refractivity contribution in [1.82, 2.24) is 20.2 Å². The first-order valence-corrected chi connectivity index (χ1v) is 11.3. The summed E-state index contributed by atoms with van der Waals surface area (Å²) in [4.78, 5) is 19.1. The van der Waals surface area contributed by atoms with Crippen molar-refractivity contribution in [2.24, 2.45) is 0 Å². The zero-order valence-corrected chi connectivity index (χ0v) is 18.1. The molecule has 0 fully saturated rings. The van der Waals surface area contributed by atoms with E-state index in [-0.39, 0.29) is 11.6 Å². The van der Waals surface area contributed by atoms with Crippen LogP contribution in [0.4, 0.5) is 4.39 Å². The highest BCUT2D eigenvalue weighted by molar-refractivity contribution is 7.46. The van der Waals surface area contributed by atoms with Crippen molar-refractivity contribution in [1.29, 1.82) is 0 Å². The molecule has 0 saturated carbocycles. The standard InChI is InChI=1S/C23H18FN4O4P/c24-21-11-7-17(8-12-21)3-1-4-18-5-2-6-20(15-18)23-25-27-28(26-23)16-19-9-13-22(14-10-19)32-33(29,30)31/h2,5-15H,3,16H2,(H2,29,30,31). The summed E-state index contributed by atoms with van der Waals surface area (Å²) in [5.74, 6) is 6.41. The Bertz CT molecular complexity index is 1360. The van der Waals surface area contributed by atoms with Crippen LogP contribution in [0.2, 0.25) is 0 Å². The van der Waals surface area contributed by atoms with Crippen LogP contribution >= 0.6 is 7.82 Å². The van der Waals surface area contributed by atoms with Crippen molar-refractivity contribution in [3.8, 4) is 29.0 Å². The molecule has 0 unspecified atom stereocenters. The first-order valence-electron chi connectivity index (χ1n) is 9.80. The minimum absolute atomic E-state index is 0.0664. The van der Waals surface area contributed by atoms with Gasteiger partial charge in [-0.2, -0.15) is 4.80 Å². The Hall–Kier alpha value is -3.83. The van der Waals surface area contributed by atoms with Gasteiger partial charge in [0.15, 0.2) is 0 Å². The molecule has 0 aliphatic carbocycles. The highest BCUT2D eigenvalue weighted by Crippen LogP contribution is 2.37. The van der Waals surface area contributed by atoms with Gasteiger partial charge in [0.1, 0.15) is 11.6 Å². The van der Waals surface area contributed by atoms with Crippen LogP contribution in [-0.4, -0.2) is 30.0 Å². The molecule has 3 aromatic carbocycles. The van der Waals surface area contributed by atoms with E-state index in [0.29, 0.717) is 18.8 Å². The summed E-state index contributed by atoms with van der Waals surface area (Å²) in [6.45, 7) is 0.320. The van der Waals surface area contributed by atoms with Crippen molar-refractivity contribution >= 4 is 7.82 Å². The van der Waals surface area contributed by atoms with Crippen LogP contribution in [-0.2, 0) is 17.5 Å². The first-order chi connectivity index (χ1) is 15.8. The fourth-order valence-corrected chi connectivity index (χ4v) is 3.37. The maximum absolute atomic E-state index is 13.0. The monoisotopic (exact) mass is 464 g/mol. The van der Waals surface area contributed by atoms with Gasteiger partial charge in [-0.25, -0.2) is 8.96 Å². The van der Waals surface area contributed by atoms with Gasteiger partial charge in [-0.1, -0.05) is 48.2 Å². The number of phosphoric ester groups is 1. The molecule has 0 amide bonds. The second-order valence-corrected chi connectivity index (χ2v) is 8.22. The van der Waals surface area contributed by atoms with Crippen LogP contribution in [0.5, 0.6) is 5.75 Å². The molecular formula is C23H18FN4O4P. The number of nitrogens with zero attached hydrogens (tertiary/aromatic N) is 4. The number of halogens is 1. The highest BCUT2D eigenvalue weighted by Gasteiger charge is 2.15. The molecule has 33 heavy (non-hydrogen) atoms. The number of hydrogen-bond acceptors (Lipinski definition) is 5. The summed E-state index contributed by atoms with van der Waals surface area (Å²) in [5.41, 5.74) is 3.30. The van der Waals surface area contributed by atoms with Crippen LogP contribution < -0.4 is 4.52 Å². The Morgan fingerprint density at radius 1 is 1.00 bits per heavy atom. The van der Waals surface area contributed by atoms with Crippen LogP contribution in [0.3, 0.4) is 0 Å². The summed E-state index contributed by atoms with van der Waals surface area (Å²) in [5, 5.41) is 12.5. The van der Waals surface area contributed by atoms with E-state index >= 15 is 0 Å². The minimum atomic E-state index is -4.59. The molecule has 2 N–H and O–H groups in total. The fraction of sp³-hybridized carbons (Fsp3) is 0.0870. The lowest BCUT2D eigenvalue weighted by molar-refractivity contribution is 0.283.